The zero-order valence-corrected chi connectivity index (χ0v) is 6.58. The smallest absolute Gasteiger partial charge is 0.171 e. The van der Waals surface area contributed by atoms with Crippen molar-refractivity contribution in [3.63, 3.8) is 0 Å². The van der Waals surface area contributed by atoms with Crippen molar-refractivity contribution in [3.05, 3.63) is 29.8 Å². The van der Waals surface area contributed by atoms with Crippen molar-refractivity contribution in [2.24, 2.45) is 0 Å². The average Bonchev–Trinajstić information content (AvgIpc) is 2.39. The fourth-order valence-corrected chi connectivity index (χ4v) is 1.17. The lowest BCUT2D eigenvalue weighted by molar-refractivity contribution is 0.635. The number of hydrogen-bond acceptors (Lipinski definition) is 2. The van der Waals surface area contributed by atoms with Crippen LogP contribution in [0.5, 0.6) is 0 Å². The van der Waals surface area contributed by atoms with Crippen molar-refractivity contribution in [3.8, 4) is 0 Å². The number of rotatable bonds is 0. The Morgan fingerprint density at radius 3 is 3.08 bits per heavy atom. The second-order valence-corrected chi connectivity index (χ2v) is 2.70. The molecule has 4 heteroatoms. The zero-order valence-electron chi connectivity index (χ0n) is 6.58. The van der Waals surface area contributed by atoms with Crippen LogP contribution in [0.25, 0.3) is 5.52 Å². The summed E-state index contributed by atoms with van der Waals surface area (Å²) in [6.07, 6.45) is 1.64. The highest BCUT2D eigenvalue weighted by atomic mass is 19.1. The van der Waals surface area contributed by atoms with Gasteiger partial charge in [-0.3, -0.25) is 0 Å². The molecule has 3 nitrogen and oxygen atoms in total. The Labute approximate surface area is 68.6 Å². The van der Waals surface area contributed by atoms with Gasteiger partial charge in [0.05, 0.1) is 11.4 Å². The SMILES string of the molecule is Cc1cc2c(F)c(N)ccn2n1. The maximum Gasteiger partial charge on any atom is 0.171 e. The third kappa shape index (κ3) is 0.845. The van der Waals surface area contributed by atoms with E-state index in [1.807, 2.05) is 6.92 Å². The first-order valence-electron chi connectivity index (χ1n) is 3.58. The molecule has 0 aromatic carbocycles. The standard InChI is InChI=1S/C8H8FN3/c1-5-4-7-8(9)6(10)2-3-12(7)11-5/h2-4H,10H2,1H3. The lowest BCUT2D eigenvalue weighted by Crippen LogP contribution is -1.95. The van der Waals surface area contributed by atoms with E-state index in [9.17, 15) is 4.39 Å². The predicted octanol–water partition coefficient (Wildman–Crippen LogP) is 1.36. The monoisotopic (exact) mass is 165 g/mol. The number of aryl methyl sites for hydroxylation is 1. The van der Waals surface area contributed by atoms with E-state index in [0.29, 0.717) is 5.52 Å². The van der Waals surface area contributed by atoms with Gasteiger partial charge in [-0.25, -0.2) is 8.91 Å². The van der Waals surface area contributed by atoms with Gasteiger partial charge in [0.25, 0.3) is 0 Å². The highest BCUT2D eigenvalue weighted by Crippen LogP contribution is 2.16. The molecule has 2 rings (SSSR count). The summed E-state index contributed by atoms with van der Waals surface area (Å²) in [6, 6.07) is 3.15. The van der Waals surface area contributed by atoms with Crippen LogP contribution < -0.4 is 5.73 Å². The number of nitrogens with zero attached hydrogens (tertiary/aromatic N) is 2. The predicted molar refractivity (Wildman–Crippen MR) is 44.3 cm³/mol. The number of nitrogens with two attached hydrogens (primary N) is 1. The molecular weight excluding hydrogens is 157 g/mol. The van der Waals surface area contributed by atoms with Gasteiger partial charge in [-0.05, 0) is 19.1 Å². The fourth-order valence-electron chi connectivity index (χ4n) is 1.17. The summed E-state index contributed by atoms with van der Waals surface area (Å²) in [5.41, 5.74) is 6.73. The molecule has 0 unspecified atom stereocenters. The number of hydrogen-bond donors (Lipinski definition) is 1. The van der Waals surface area contributed by atoms with E-state index in [1.54, 1.807) is 12.3 Å². The Bertz CT molecular complexity index is 433. The quantitative estimate of drug-likeness (QED) is 0.640. The minimum Gasteiger partial charge on any atom is -0.396 e. The molecule has 0 atom stereocenters. The summed E-state index contributed by atoms with van der Waals surface area (Å²) in [5.74, 6) is -0.405. The third-order valence-corrected chi connectivity index (χ3v) is 1.73. The second kappa shape index (κ2) is 2.20. The van der Waals surface area contributed by atoms with E-state index >= 15 is 0 Å². The number of nitrogen functional groups attached to an aromatic ring is 1. The van der Waals surface area contributed by atoms with Crippen LogP contribution in [0, 0.1) is 12.7 Å². The molecule has 0 aliphatic heterocycles. The molecule has 0 radical (unpaired) electrons. The van der Waals surface area contributed by atoms with Crippen LogP contribution >= 0.6 is 0 Å². The summed E-state index contributed by atoms with van der Waals surface area (Å²) in [4.78, 5) is 0. The Kier molecular flexibility index (Phi) is 1.30. The molecule has 0 aliphatic rings. The van der Waals surface area contributed by atoms with Crippen LogP contribution in [0.4, 0.5) is 10.1 Å². The van der Waals surface area contributed by atoms with Crippen LogP contribution in [-0.2, 0) is 0 Å². The van der Waals surface area contributed by atoms with E-state index in [1.165, 1.54) is 10.6 Å². The Morgan fingerprint density at radius 2 is 2.33 bits per heavy atom. The van der Waals surface area contributed by atoms with Crippen LogP contribution in [0.3, 0.4) is 0 Å². The number of pyridine rings is 1. The Balaban J connectivity index is 2.89. The maximum atomic E-state index is 13.2. The van der Waals surface area contributed by atoms with Crippen molar-refractivity contribution in [1.29, 1.82) is 0 Å². The topological polar surface area (TPSA) is 43.3 Å². The molecular formula is C8H8FN3. The molecule has 0 spiro atoms. The van der Waals surface area contributed by atoms with Crippen LogP contribution in [0.1, 0.15) is 5.69 Å². The second-order valence-electron chi connectivity index (χ2n) is 2.70. The van der Waals surface area contributed by atoms with Crippen LogP contribution in [0.15, 0.2) is 18.3 Å². The van der Waals surface area contributed by atoms with Crippen LogP contribution in [-0.4, -0.2) is 9.61 Å². The average molecular weight is 165 g/mol. The number of anilines is 1. The van der Waals surface area contributed by atoms with Crippen molar-refractivity contribution in [2.45, 2.75) is 6.92 Å². The summed E-state index contributed by atoms with van der Waals surface area (Å²) >= 11 is 0. The summed E-state index contributed by atoms with van der Waals surface area (Å²) < 4.78 is 14.7. The van der Waals surface area contributed by atoms with Gasteiger partial charge in [0, 0.05) is 6.20 Å². The highest BCUT2D eigenvalue weighted by Gasteiger charge is 2.05. The maximum absolute atomic E-state index is 13.2. The minimum absolute atomic E-state index is 0.155. The first-order chi connectivity index (χ1) is 5.68. The molecule has 0 fully saturated rings. The number of aromatic nitrogens is 2. The summed E-state index contributed by atoms with van der Waals surface area (Å²) in [5, 5.41) is 4.04. The van der Waals surface area contributed by atoms with E-state index in [-0.39, 0.29) is 5.69 Å². The molecule has 12 heavy (non-hydrogen) atoms. The molecule has 2 N–H and O–H groups in total. The minimum atomic E-state index is -0.405. The Morgan fingerprint density at radius 1 is 1.58 bits per heavy atom. The normalized spacial score (nSPS) is 10.8. The van der Waals surface area contributed by atoms with Crippen molar-refractivity contribution < 1.29 is 4.39 Å². The molecule has 0 saturated carbocycles. The molecule has 0 saturated heterocycles. The molecule has 0 amide bonds. The summed E-state index contributed by atoms with van der Waals surface area (Å²) in [7, 11) is 0. The van der Waals surface area contributed by atoms with Crippen LogP contribution in [0.2, 0.25) is 0 Å². The van der Waals surface area contributed by atoms with Gasteiger partial charge in [-0.2, -0.15) is 5.10 Å². The van der Waals surface area contributed by atoms with Crippen molar-refractivity contribution >= 4 is 11.2 Å². The molecule has 62 valence electrons. The van der Waals surface area contributed by atoms with Gasteiger partial charge >= 0.3 is 0 Å². The Hall–Kier alpha value is -1.58. The number of halogens is 1. The van der Waals surface area contributed by atoms with E-state index < -0.39 is 5.82 Å². The van der Waals surface area contributed by atoms with E-state index in [0.717, 1.165) is 5.69 Å². The molecule has 2 aromatic heterocycles. The molecule has 2 heterocycles. The van der Waals surface area contributed by atoms with Gasteiger partial charge in [-0.15, -0.1) is 0 Å². The first kappa shape index (κ1) is 7.09. The third-order valence-electron chi connectivity index (χ3n) is 1.73. The fraction of sp³-hybridized carbons (Fsp3) is 0.125. The van der Waals surface area contributed by atoms with E-state index in [4.69, 9.17) is 5.73 Å². The van der Waals surface area contributed by atoms with Gasteiger partial charge in [0.1, 0.15) is 5.52 Å². The highest BCUT2D eigenvalue weighted by molar-refractivity contribution is 5.58. The molecule has 0 bridgehead atoms. The number of fused-ring (bicyclic) bond motifs is 1. The molecule has 2 aromatic rings. The van der Waals surface area contributed by atoms with E-state index in [2.05, 4.69) is 5.10 Å². The molecule has 0 aliphatic carbocycles. The summed E-state index contributed by atoms with van der Waals surface area (Å²) in [6.45, 7) is 1.81. The first-order valence-corrected chi connectivity index (χ1v) is 3.58. The van der Waals surface area contributed by atoms with Gasteiger partial charge in [-0.1, -0.05) is 0 Å². The van der Waals surface area contributed by atoms with Gasteiger partial charge < -0.3 is 5.73 Å². The van der Waals surface area contributed by atoms with Gasteiger partial charge in [0.2, 0.25) is 0 Å². The lowest BCUT2D eigenvalue weighted by atomic mass is 10.3. The zero-order chi connectivity index (χ0) is 8.72. The largest absolute Gasteiger partial charge is 0.396 e. The van der Waals surface area contributed by atoms with Gasteiger partial charge in [0.15, 0.2) is 5.82 Å². The van der Waals surface area contributed by atoms with Crippen molar-refractivity contribution in [1.82, 2.24) is 9.61 Å². The lowest BCUT2D eigenvalue weighted by Gasteiger charge is -1.97. The van der Waals surface area contributed by atoms with Crippen molar-refractivity contribution in [2.75, 3.05) is 5.73 Å².